The third kappa shape index (κ3) is 1.78. The van der Waals surface area contributed by atoms with Gasteiger partial charge in [-0.2, -0.15) is 15.0 Å². The number of aryl methyl sites for hydroxylation is 1. The van der Waals surface area contributed by atoms with Crippen LogP contribution < -0.4 is 0 Å². The Morgan fingerprint density at radius 3 is 2.79 bits per heavy atom. The predicted octanol–water partition coefficient (Wildman–Crippen LogP) is -0.228. The summed E-state index contributed by atoms with van der Waals surface area (Å²) in [5, 5.41) is 18.0. The van der Waals surface area contributed by atoms with E-state index in [0.29, 0.717) is 0 Å². The fourth-order valence-corrected chi connectivity index (χ4v) is 1.81. The Balaban J connectivity index is 1.85. The Labute approximate surface area is 83.3 Å². The van der Waals surface area contributed by atoms with E-state index in [4.69, 9.17) is 0 Å². The molecule has 0 amide bonds. The first-order chi connectivity index (χ1) is 6.61. The third-order valence-electron chi connectivity index (χ3n) is 2.73. The van der Waals surface area contributed by atoms with E-state index in [1.165, 1.54) is 0 Å². The van der Waals surface area contributed by atoms with Gasteiger partial charge in [-0.15, -0.1) is 0 Å². The van der Waals surface area contributed by atoms with Gasteiger partial charge in [0.1, 0.15) is 0 Å². The summed E-state index contributed by atoms with van der Waals surface area (Å²) in [6.07, 6.45) is 2.59. The minimum Gasteiger partial charge on any atom is -0.387 e. The van der Waals surface area contributed by atoms with Crippen molar-refractivity contribution in [2.45, 2.75) is 25.5 Å². The number of aromatic nitrogens is 3. The van der Waals surface area contributed by atoms with E-state index in [0.717, 1.165) is 31.7 Å². The molecule has 1 aliphatic rings. The molecule has 1 saturated heterocycles. The first-order valence-corrected chi connectivity index (χ1v) is 4.91. The molecule has 5 heteroatoms. The lowest BCUT2D eigenvalue weighted by molar-refractivity contribution is -0.103. The van der Waals surface area contributed by atoms with Gasteiger partial charge in [-0.3, -0.25) is 4.90 Å². The molecule has 1 N–H and O–H groups in total. The zero-order valence-electron chi connectivity index (χ0n) is 8.64. The van der Waals surface area contributed by atoms with Gasteiger partial charge in [-0.1, -0.05) is 6.92 Å². The van der Waals surface area contributed by atoms with E-state index in [-0.39, 0.29) is 0 Å². The number of aliphatic hydroxyl groups is 1. The van der Waals surface area contributed by atoms with Crippen LogP contribution in [0, 0.1) is 0 Å². The zero-order chi connectivity index (χ0) is 10.2. The summed E-state index contributed by atoms with van der Waals surface area (Å²) in [5.74, 6) is 0. The maximum Gasteiger partial charge on any atom is 0.0967 e. The van der Waals surface area contributed by atoms with Crippen LogP contribution in [0.3, 0.4) is 0 Å². The van der Waals surface area contributed by atoms with Crippen molar-refractivity contribution in [2.75, 3.05) is 13.1 Å². The van der Waals surface area contributed by atoms with Crippen LogP contribution in [-0.4, -0.2) is 43.7 Å². The molecule has 5 nitrogen and oxygen atoms in total. The lowest BCUT2D eigenvalue weighted by atomic mass is 9.91. The number of nitrogens with zero attached hydrogens (tertiary/aromatic N) is 4. The van der Waals surface area contributed by atoms with E-state index >= 15 is 0 Å². The Kier molecular flexibility index (Phi) is 2.28. The van der Waals surface area contributed by atoms with Gasteiger partial charge in [0, 0.05) is 26.7 Å². The summed E-state index contributed by atoms with van der Waals surface area (Å²) in [7, 11) is 1.81. The van der Waals surface area contributed by atoms with Crippen molar-refractivity contribution in [1.29, 1.82) is 0 Å². The Hall–Kier alpha value is -0.940. The average molecular weight is 196 g/mol. The lowest BCUT2D eigenvalue weighted by Crippen LogP contribution is -2.60. The summed E-state index contributed by atoms with van der Waals surface area (Å²) in [6, 6.07) is 0. The smallest absolute Gasteiger partial charge is 0.0967 e. The Bertz CT molecular complexity index is 316. The van der Waals surface area contributed by atoms with Gasteiger partial charge in [0.2, 0.25) is 0 Å². The van der Waals surface area contributed by atoms with Crippen molar-refractivity contribution in [3.05, 3.63) is 11.9 Å². The molecule has 0 spiro atoms. The van der Waals surface area contributed by atoms with Crippen LogP contribution in [0.4, 0.5) is 0 Å². The number of likely N-dealkylation sites (tertiary alicyclic amines) is 1. The van der Waals surface area contributed by atoms with Gasteiger partial charge < -0.3 is 5.11 Å². The molecule has 0 aliphatic carbocycles. The van der Waals surface area contributed by atoms with Crippen molar-refractivity contribution in [3.63, 3.8) is 0 Å². The summed E-state index contributed by atoms with van der Waals surface area (Å²) in [6.45, 7) is 4.30. The molecular weight excluding hydrogens is 180 g/mol. The first kappa shape index (κ1) is 9.61. The van der Waals surface area contributed by atoms with Gasteiger partial charge in [0.05, 0.1) is 17.5 Å². The monoisotopic (exact) mass is 196 g/mol. The van der Waals surface area contributed by atoms with E-state index in [1.54, 1.807) is 11.0 Å². The lowest BCUT2D eigenvalue weighted by Gasteiger charge is -2.45. The Morgan fingerprint density at radius 1 is 1.57 bits per heavy atom. The van der Waals surface area contributed by atoms with E-state index in [2.05, 4.69) is 15.1 Å². The molecule has 1 fully saturated rings. The van der Waals surface area contributed by atoms with Crippen LogP contribution in [0.25, 0.3) is 0 Å². The number of hydrogen-bond acceptors (Lipinski definition) is 4. The second kappa shape index (κ2) is 3.33. The highest BCUT2D eigenvalue weighted by Crippen LogP contribution is 2.24. The first-order valence-electron chi connectivity index (χ1n) is 4.91. The second-order valence-corrected chi connectivity index (χ2v) is 4.05. The summed E-state index contributed by atoms with van der Waals surface area (Å²) in [4.78, 5) is 3.73. The van der Waals surface area contributed by atoms with E-state index in [9.17, 15) is 5.11 Å². The highest BCUT2D eigenvalue weighted by atomic mass is 16.3. The molecule has 14 heavy (non-hydrogen) atoms. The molecule has 0 unspecified atom stereocenters. The molecular formula is C9H16N4O. The maximum absolute atomic E-state index is 9.79. The fraction of sp³-hybridized carbons (Fsp3) is 0.778. The molecule has 2 rings (SSSR count). The van der Waals surface area contributed by atoms with E-state index < -0.39 is 5.60 Å². The molecule has 78 valence electrons. The normalized spacial score (nSPS) is 20.8. The van der Waals surface area contributed by atoms with Crippen LogP contribution in [-0.2, 0) is 13.6 Å². The Morgan fingerprint density at radius 2 is 2.29 bits per heavy atom. The topological polar surface area (TPSA) is 54.2 Å². The van der Waals surface area contributed by atoms with Gasteiger partial charge in [-0.25, -0.2) is 0 Å². The van der Waals surface area contributed by atoms with Crippen LogP contribution >= 0.6 is 0 Å². The van der Waals surface area contributed by atoms with Gasteiger partial charge in [0.25, 0.3) is 0 Å². The highest BCUT2D eigenvalue weighted by Gasteiger charge is 2.39. The molecule has 0 bridgehead atoms. The number of β-amino-alcohol motifs (C(OH)–C–C–N with tert-alkyl or cyclic N) is 1. The zero-order valence-corrected chi connectivity index (χ0v) is 8.64. The SMILES string of the molecule is CCC1(O)CN(Cc2cnn(C)n2)C1. The molecule has 0 aromatic carbocycles. The van der Waals surface area contributed by atoms with Crippen molar-refractivity contribution in [2.24, 2.45) is 7.05 Å². The van der Waals surface area contributed by atoms with Crippen LogP contribution in [0.1, 0.15) is 19.0 Å². The second-order valence-electron chi connectivity index (χ2n) is 4.05. The largest absolute Gasteiger partial charge is 0.387 e. The molecule has 0 radical (unpaired) electrons. The standard InChI is InChI=1S/C9H16N4O/c1-3-9(14)6-13(7-9)5-8-4-10-12(2)11-8/h4,14H,3,5-7H2,1-2H3. The van der Waals surface area contributed by atoms with Crippen molar-refractivity contribution in [1.82, 2.24) is 19.9 Å². The molecule has 0 saturated carbocycles. The third-order valence-corrected chi connectivity index (χ3v) is 2.73. The molecule has 1 aromatic rings. The molecule has 0 atom stereocenters. The van der Waals surface area contributed by atoms with Crippen LogP contribution in [0.15, 0.2) is 6.20 Å². The van der Waals surface area contributed by atoms with Gasteiger partial charge >= 0.3 is 0 Å². The summed E-state index contributed by atoms with van der Waals surface area (Å²) < 4.78 is 0. The minimum atomic E-state index is -0.456. The number of hydrogen-bond donors (Lipinski definition) is 1. The molecule has 1 aromatic heterocycles. The van der Waals surface area contributed by atoms with Gasteiger partial charge in [-0.05, 0) is 6.42 Å². The predicted molar refractivity (Wildman–Crippen MR) is 51.5 cm³/mol. The fourth-order valence-electron chi connectivity index (χ4n) is 1.81. The highest BCUT2D eigenvalue weighted by molar-refractivity contribution is 4.99. The number of rotatable bonds is 3. The molecule has 1 aliphatic heterocycles. The van der Waals surface area contributed by atoms with Crippen LogP contribution in [0.5, 0.6) is 0 Å². The van der Waals surface area contributed by atoms with Crippen molar-refractivity contribution < 1.29 is 5.11 Å². The van der Waals surface area contributed by atoms with Crippen molar-refractivity contribution >= 4 is 0 Å². The average Bonchev–Trinajstić information content (AvgIpc) is 2.48. The quantitative estimate of drug-likeness (QED) is 0.725. The van der Waals surface area contributed by atoms with E-state index in [1.807, 2.05) is 14.0 Å². The van der Waals surface area contributed by atoms with Crippen LogP contribution in [0.2, 0.25) is 0 Å². The summed E-state index contributed by atoms with van der Waals surface area (Å²) in [5.41, 5.74) is 0.507. The van der Waals surface area contributed by atoms with Gasteiger partial charge in [0.15, 0.2) is 0 Å². The molecule has 2 heterocycles. The maximum atomic E-state index is 9.79. The van der Waals surface area contributed by atoms with Crippen molar-refractivity contribution in [3.8, 4) is 0 Å². The minimum absolute atomic E-state index is 0.456. The summed E-state index contributed by atoms with van der Waals surface area (Å²) >= 11 is 0.